The Morgan fingerprint density at radius 1 is 1.31 bits per heavy atom. The fraction of sp³-hybridized carbons (Fsp3) is 0.286. The number of cyclic esters (lactones) is 1. The molecule has 3 aromatic rings. The third-order valence-corrected chi connectivity index (χ3v) is 4.94. The highest BCUT2D eigenvalue weighted by Gasteiger charge is 2.32. The topological polar surface area (TPSA) is 126 Å². The van der Waals surface area contributed by atoms with Gasteiger partial charge in [-0.3, -0.25) is 14.5 Å². The second kappa shape index (κ2) is 8.71. The maximum absolute atomic E-state index is 14.9. The van der Waals surface area contributed by atoms with Crippen LogP contribution in [0.3, 0.4) is 0 Å². The molecular weight excluding hydrogens is 421 g/mol. The van der Waals surface area contributed by atoms with Crippen molar-refractivity contribution in [2.75, 3.05) is 24.6 Å². The van der Waals surface area contributed by atoms with Crippen LogP contribution in [0.5, 0.6) is 0 Å². The Balaban J connectivity index is 1.54. The van der Waals surface area contributed by atoms with E-state index in [1.54, 1.807) is 30.5 Å². The normalized spacial score (nSPS) is 15.8. The van der Waals surface area contributed by atoms with Gasteiger partial charge in [0.2, 0.25) is 5.91 Å². The summed E-state index contributed by atoms with van der Waals surface area (Å²) < 4.78 is 21.6. The number of ketones is 1. The van der Waals surface area contributed by atoms with Crippen molar-refractivity contribution in [3.05, 3.63) is 48.2 Å². The van der Waals surface area contributed by atoms with Gasteiger partial charge in [0, 0.05) is 18.7 Å². The number of rotatable bonds is 7. The molecule has 2 amide bonds. The standard InChI is InChI=1S/C21H20FN5O5/c1-12(29)23-9-16-10-26(21(31)32-16)14-2-3-17(18(22)7-14)13-4-5-27-20(6-13)24-19(25-27)8-15(30)11-28/h2-7,16,28H,8-11H2,1H3,(H,23,29)/t16-/m0/s1. The lowest BCUT2D eigenvalue weighted by Crippen LogP contribution is -2.33. The van der Waals surface area contributed by atoms with Gasteiger partial charge in [-0.25, -0.2) is 18.7 Å². The van der Waals surface area contributed by atoms with Crippen molar-refractivity contribution < 1.29 is 28.6 Å². The van der Waals surface area contributed by atoms with Gasteiger partial charge in [0.15, 0.2) is 17.3 Å². The van der Waals surface area contributed by atoms with Crippen LogP contribution in [0.2, 0.25) is 0 Å². The lowest BCUT2D eigenvalue weighted by atomic mass is 10.1. The molecule has 1 atom stereocenters. The zero-order valence-corrected chi connectivity index (χ0v) is 17.1. The van der Waals surface area contributed by atoms with Gasteiger partial charge >= 0.3 is 6.09 Å². The van der Waals surface area contributed by atoms with Crippen molar-refractivity contribution in [1.29, 1.82) is 0 Å². The van der Waals surface area contributed by atoms with Crippen molar-refractivity contribution in [3.8, 4) is 11.1 Å². The summed E-state index contributed by atoms with van der Waals surface area (Å²) in [5.74, 6) is -0.910. The first kappa shape index (κ1) is 21.4. The van der Waals surface area contributed by atoms with Crippen LogP contribution in [-0.2, 0) is 20.7 Å². The first-order valence-electron chi connectivity index (χ1n) is 9.84. The van der Waals surface area contributed by atoms with Gasteiger partial charge in [-0.05, 0) is 35.9 Å². The molecule has 1 saturated heterocycles. The maximum Gasteiger partial charge on any atom is 0.414 e. The molecule has 1 aromatic carbocycles. The second-order valence-electron chi connectivity index (χ2n) is 7.34. The molecule has 1 fully saturated rings. The number of aliphatic hydroxyl groups is 1. The van der Waals surface area contributed by atoms with E-state index in [1.807, 2.05) is 0 Å². The van der Waals surface area contributed by atoms with E-state index in [9.17, 15) is 18.8 Å². The van der Waals surface area contributed by atoms with Gasteiger partial charge in [0.1, 0.15) is 18.5 Å². The van der Waals surface area contributed by atoms with Crippen LogP contribution in [0.15, 0.2) is 36.5 Å². The van der Waals surface area contributed by atoms with Gasteiger partial charge in [0.05, 0.1) is 25.2 Å². The van der Waals surface area contributed by atoms with Gasteiger partial charge in [0.25, 0.3) is 0 Å². The third-order valence-electron chi connectivity index (χ3n) is 4.94. The van der Waals surface area contributed by atoms with E-state index in [1.165, 1.54) is 22.4 Å². The Morgan fingerprint density at radius 2 is 2.12 bits per heavy atom. The molecule has 11 heteroatoms. The predicted octanol–water partition coefficient (Wildman–Crippen LogP) is 1.10. The summed E-state index contributed by atoms with van der Waals surface area (Å²) in [7, 11) is 0. The van der Waals surface area contributed by atoms with Crippen LogP contribution in [0.4, 0.5) is 14.9 Å². The molecule has 0 aliphatic carbocycles. The molecule has 0 saturated carbocycles. The molecule has 166 valence electrons. The molecule has 1 aliphatic rings. The first-order chi connectivity index (χ1) is 15.3. The summed E-state index contributed by atoms with van der Waals surface area (Å²) in [4.78, 5) is 40.2. The quantitative estimate of drug-likeness (QED) is 0.562. The number of nitrogens with one attached hydrogen (secondary N) is 1. The number of aliphatic hydroxyl groups excluding tert-OH is 1. The zero-order chi connectivity index (χ0) is 22.8. The number of aromatic nitrogens is 3. The number of Topliss-reactive ketones (excluding diaryl/α,β-unsaturated/α-hetero) is 1. The average Bonchev–Trinajstić information content (AvgIpc) is 3.33. The van der Waals surface area contributed by atoms with E-state index in [4.69, 9.17) is 9.84 Å². The highest BCUT2D eigenvalue weighted by atomic mass is 19.1. The van der Waals surface area contributed by atoms with Crippen LogP contribution >= 0.6 is 0 Å². The fourth-order valence-electron chi connectivity index (χ4n) is 3.40. The highest BCUT2D eigenvalue weighted by molar-refractivity contribution is 5.90. The smallest absolute Gasteiger partial charge is 0.414 e. The SMILES string of the molecule is CC(=O)NC[C@H]1CN(c2ccc(-c3ccn4nc(CC(=O)CO)nc4c3)c(F)c2)C(=O)O1. The molecule has 2 aromatic heterocycles. The monoisotopic (exact) mass is 441 g/mol. The number of hydrogen-bond acceptors (Lipinski definition) is 7. The molecule has 0 bridgehead atoms. The number of halogens is 1. The van der Waals surface area contributed by atoms with Crippen LogP contribution in [0, 0.1) is 5.82 Å². The molecule has 4 rings (SSSR count). The molecule has 0 radical (unpaired) electrons. The number of carbonyl (C=O) groups excluding carboxylic acids is 3. The van der Waals surface area contributed by atoms with E-state index in [0.29, 0.717) is 22.5 Å². The number of ether oxygens (including phenoxy) is 1. The predicted molar refractivity (Wildman–Crippen MR) is 110 cm³/mol. The summed E-state index contributed by atoms with van der Waals surface area (Å²) in [5, 5.41) is 15.6. The van der Waals surface area contributed by atoms with Crippen molar-refractivity contribution in [2.24, 2.45) is 0 Å². The lowest BCUT2D eigenvalue weighted by molar-refractivity contribution is -0.121. The Morgan fingerprint density at radius 3 is 2.84 bits per heavy atom. The van der Waals surface area contributed by atoms with Gasteiger partial charge < -0.3 is 15.2 Å². The molecular formula is C21H20FN5O5. The lowest BCUT2D eigenvalue weighted by Gasteiger charge is -2.14. The Bertz CT molecular complexity index is 1210. The third kappa shape index (κ3) is 4.42. The Kier molecular flexibility index (Phi) is 5.82. The fourth-order valence-corrected chi connectivity index (χ4v) is 3.40. The number of amides is 2. The largest absolute Gasteiger partial charge is 0.442 e. The molecule has 2 N–H and O–H groups in total. The van der Waals surface area contributed by atoms with E-state index in [2.05, 4.69) is 15.4 Å². The Labute approximate surface area is 181 Å². The molecule has 0 unspecified atom stereocenters. The van der Waals surface area contributed by atoms with E-state index in [0.717, 1.165) is 0 Å². The van der Waals surface area contributed by atoms with Crippen LogP contribution in [-0.4, -0.2) is 63.3 Å². The second-order valence-corrected chi connectivity index (χ2v) is 7.34. The van der Waals surface area contributed by atoms with Crippen molar-refractivity contribution in [1.82, 2.24) is 19.9 Å². The molecule has 32 heavy (non-hydrogen) atoms. The molecule has 10 nitrogen and oxygen atoms in total. The minimum Gasteiger partial charge on any atom is -0.442 e. The van der Waals surface area contributed by atoms with Crippen LogP contribution < -0.4 is 10.2 Å². The summed E-state index contributed by atoms with van der Waals surface area (Å²) in [6, 6.07) is 7.70. The van der Waals surface area contributed by atoms with Crippen molar-refractivity contribution in [3.63, 3.8) is 0 Å². The van der Waals surface area contributed by atoms with Crippen LogP contribution in [0.1, 0.15) is 12.7 Å². The van der Waals surface area contributed by atoms with Crippen molar-refractivity contribution >= 4 is 29.1 Å². The van der Waals surface area contributed by atoms with Gasteiger partial charge in [-0.2, -0.15) is 5.10 Å². The molecule has 0 spiro atoms. The Hall–Kier alpha value is -3.86. The number of pyridine rings is 1. The number of anilines is 1. The van der Waals surface area contributed by atoms with Crippen molar-refractivity contribution in [2.45, 2.75) is 19.4 Å². The molecule has 3 heterocycles. The number of benzene rings is 1. The summed E-state index contributed by atoms with van der Waals surface area (Å²) >= 11 is 0. The molecule has 1 aliphatic heterocycles. The zero-order valence-electron chi connectivity index (χ0n) is 17.1. The van der Waals surface area contributed by atoms with E-state index < -0.39 is 30.4 Å². The number of fused-ring (bicyclic) bond motifs is 1. The number of carbonyl (C=O) groups is 3. The average molecular weight is 441 g/mol. The van der Waals surface area contributed by atoms with E-state index >= 15 is 0 Å². The summed E-state index contributed by atoms with van der Waals surface area (Å²) in [6.45, 7) is 1.16. The minimum absolute atomic E-state index is 0.0918. The van der Waals surface area contributed by atoms with Crippen LogP contribution in [0.25, 0.3) is 16.8 Å². The van der Waals surface area contributed by atoms with Gasteiger partial charge in [-0.15, -0.1) is 0 Å². The summed E-state index contributed by atoms with van der Waals surface area (Å²) in [6.07, 6.45) is 0.382. The summed E-state index contributed by atoms with van der Waals surface area (Å²) in [5.41, 5.74) is 1.61. The maximum atomic E-state index is 14.9. The number of hydrogen-bond donors (Lipinski definition) is 2. The van der Waals surface area contributed by atoms with E-state index in [-0.39, 0.29) is 31.2 Å². The minimum atomic E-state index is -0.609. The highest BCUT2D eigenvalue weighted by Crippen LogP contribution is 2.29. The first-order valence-corrected chi connectivity index (χ1v) is 9.84. The van der Waals surface area contributed by atoms with Gasteiger partial charge in [-0.1, -0.05) is 0 Å². The number of nitrogens with zero attached hydrogens (tertiary/aromatic N) is 4.